The molecule has 0 aliphatic heterocycles. The highest BCUT2D eigenvalue weighted by Gasteiger charge is 2.18. The molecule has 2 rings (SSSR count). The maximum absolute atomic E-state index is 5.87. The lowest BCUT2D eigenvalue weighted by atomic mass is 9.87. The summed E-state index contributed by atoms with van der Waals surface area (Å²) in [6.45, 7) is 6.28. The molecule has 1 aromatic rings. The van der Waals surface area contributed by atoms with Crippen molar-refractivity contribution >= 4 is 11.5 Å². The number of nitrogens with two attached hydrogens (primary N) is 1. The van der Waals surface area contributed by atoms with E-state index in [0.29, 0.717) is 17.6 Å². The van der Waals surface area contributed by atoms with Gasteiger partial charge in [-0.05, 0) is 57.6 Å². The minimum absolute atomic E-state index is 0.0839. The molecule has 0 amide bonds. The van der Waals surface area contributed by atoms with Crippen LogP contribution in [0.15, 0.2) is 12.1 Å². The maximum atomic E-state index is 5.87. The van der Waals surface area contributed by atoms with Gasteiger partial charge >= 0.3 is 0 Å². The van der Waals surface area contributed by atoms with Gasteiger partial charge in [0, 0.05) is 6.04 Å². The highest BCUT2D eigenvalue weighted by Crippen LogP contribution is 2.27. The predicted molar refractivity (Wildman–Crippen MR) is 79.5 cm³/mol. The van der Waals surface area contributed by atoms with E-state index in [1.165, 1.54) is 25.7 Å². The van der Waals surface area contributed by atoms with E-state index in [1.54, 1.807) is 0 Å². The number of nitrogen functional groups attached to an aromatic ring is 1. The zero-order valence-corrected chi connectivity index (χ0v) is 12.1. The van der Waals surface area contributed by atoms with Crippen molar-refractivity contribution in [3.8, 4) is 5.88 Å². The van der Waals surface area contributed by atoms with Crippen molar-refractivity contribution in [2.75, 3.05) is 11.1 Å². The van der Waals surface area contributed by atoms with Crippen molar-refractivity contribution in [2.45, 2.75) is 58.6 Å². The second kappa shape index (κ2) is 6.13. The average molecular weight is 263 g/mol. The first-order chi connectivity index (χ1) is 9.04. The summed E-state index contributed by atoms with van der Waals surface area (Å²) in [5, 5.41) is 3.50. The molecular formula is C15H25N3O. The molecule has 1 heterocycles. The lowest BCUT2D eigenvalue weighted by Gasteiger charge is -2.27. The van der Waals surface area contributed by atoms with Crippen LogP contribution in [0.1, 0.15) is 46.5 Å². The monoisotopic (exact) mass is 263 g/mol. The summed E-state index contributed by atoms with van der Waals surface area (Å²) >= 11 is 0. The summed E-state index contributed by atoms with van der Waals surface area (Å²) in [4.78, 5) is 4.47. The predicted octanol–water partition coefficient (Wildman–Crippen LogP) is 3.44. The van der Waals surface area contributed by atoms with E-state index in [2.05, 4.69) is 17.2 Å². The molecule has 1 saturated carbocycles. The van der Waals surface area contributed by atoms with Gasteiger partial charge in [-0.2, -0.15) is 4.98 Å². The second-order valence-corrected chi connectivity index (χ2v) is 5.86. The maximum Gasteiger partial charge on any atom is 0.239 e. The Labute approximate surface area is 115 Å². The fraction of sp³-hybridized carbons (Fsp3) is 0.667. The summed E-state index contributed by atoms with van der Waals surface area (Å²) in [6.07, 6.45) is 5.10. The molecule has 106 valence electrons. The summed E-state index contributed by atoms with van der Waals surface area (Å²) in [6, 6.07) is 4.32. The van der Waals surface area contributed by atoms with Crippen LogP contribution in [0, 0.1) is 5.92 Å². The highest BCUT2D eigenvalue weighted by atomic mass is 16.5. The minimum atomic E-state index is 0.0839. The third kappa shape index (κ3) is 4.01. The molecule has 4 nitrogen and oxygen atoms in total. The largest absolute Gasteiger partial charge is 0.473 e. The van der Waals surface area contributed by atoms with Gasteiger partial charge in [0.25, 0.3) is 0 Å². The molecule has 0 atom stereocenters. The van der Waals surface area contributed by atoms with E-state index in [4.69, 9.17) is 10.5 Å². The number of hydrogen-bond acceptors (Lipinski definition) is 4. The second-order valence-electron chi connectivity index (χ2n) is 5.86. The van der Waals surface area contributed by atoms with Crippen LogP contribution in [0.2, 0.25) is 0 Å². The minimum Gasteiger partial charge on any atom is -0.473 e. The fourth-order valence-electron chi connectivity index (χ4n) is 2.46. The topological polar surface area (TPSA) is 60.2 Å². The fourth-order valence-corrected chi connectivity index (χ4v) is 2.46. The number of rotatable bonds is 4. The van der Waals surface area contributed by atoms with Crippen molar-refractivity contribution in [1.29, 1.82) is 0 Å². The molecule has 3 N–H and O–H groups in total. The summed E-state index contributed by atoms with van der Waals surface area (Å²) in [7, 11) is 0. The Morgan fingerprint density at radius 3 is 2.58 bits per heavy atom. The normalized spacial score (nSPS) is 23.4. The highest BCUT2D eigenvalue weighted by molar-refractivity contribution is 5.53. The Bertz CT molecular complexity index is 412. The number of hydrogen-bond donors (Lipinski definition) is 2. The van der Waals surface area contributed by atoms with Gasteiger partial charge in [-0.25, -0.2) is 0 Å². The lowest BCUT2D eigenvalue weighted by molar-refractivity contribution is 0.234. The Kier molecular flexibility index (Phi) is 4.51. The quantitative estimate of drug-likeness (QED) is 0.873. The Morgan fingerprint density at radius 1 is 1.26 bits per heavy atom. The van der Waals surface area contributed by atoms with Gasteiger partial charge in [0.05, 0.1) is 11.8 Å². The van der Waals surface area contributed by atoms with Crippen molar-refractivity contribution in [1.82, 2.24) is 4.98 Å². The molecule has 19 heavy (non-hydrogen) atoms. The molecule has 1 aromatic heterocycles. The first-order valence-corrected chi connectivity index (χ1v) is 7.24. The molecule has 1 fully saturated rings. The molecule has 0 radical (unpaired) electrons. The Hall–Kier alpha value is -1.45. The van der Waals surface area contributed by atoms with Crippen LogP contribution in [-0.2, 0) is 0 Å². The molecule has 4 heteroatoms. The zero-order chi connectivity index (χ0) is 13.8. The third-order valence-electron chi connectivity index (χ3n) is 3.60. The number of nitrogens with zero attached hydrogens (tertiary/aromatic N) is 1. The molecule has 0 spiro atoms. The SMILES string of the molecule is CC1CCC(Nc2ccc(N)c(OC(C)C)n2)CC1. The van der Waals surface area contributed by atoms with Gasteiger partial charge in [-0.3, -0.25) is 0 Å². The Balaban J connectivity index is 2.00. The summed E-state index contributed by atoms with van der Waals surface area (Å²) in [5.41, 5.74) is 6.47. The van der Waals surface area contributed by atoms with E-state index in [-0.39, 0.29) is 6.10 Å². The van der Waals surface area contributed by atoms with Crippen molar-refractivity contribution < 1.29 is 4.74 Å². The molecule has 1 aliphatic carbocycles. The number of nitrogens with one attached hydrogen (secondary N) is 1. The van der Waals surface area contributed by atoms with Gasteiger partial charge in [-0.15, -0.1) is 0 Å². The van der Waals surface area contributed by atoms with Crippen LogP contribution >= 0.6 is 0 Å². The van der Waals surface area contributed by atoms with E-state index < -0.39 is 0 Å². The summed E-state index contributed by atoms with van der Waals surface area (Å²) < 4.78 is 5.62. The lowest BCUT2D eigenvalue weighted by Crippen LogP contribution is -2.25. The van der Waals surface area contributed by atoms with Crippen molar-refractivity contribution in [3.05, 3.63) is 12.1 Å². The number of anilines is 2. The van der Waals surface area contributed by atoms with Gasteiger partial charge in [-0.1, -0.05) is 6.92 Å². The standard InChI is InChI=1S/C15H25N3O/c1-10(2)19-15-13(16)8-9-14(18-15)17-12-6-4-11(3)5-7-12/h8-12H,4-7,16H2,1-3H3,(H,17,18). The molecule has 1 aliphatic rings. The third-order valence-corrected chi connectivity index (χ3v) is 3.60. The molecule has 0 aromatic carbocycles. The first kappa shape index (κ1) is 14.0. The summed E-state index contributed by atoms with van der Waals surface area (Å²) in [5.74, 6) is 2.26. The zero-order valence-electron chi connectivity index (χ0n) is 12.1. The van der Waals surface area contributed by atoms with E-state index in [9.17, 15) is 0 Å². The van der Waals surface area contributed by atoms with Crippen LogP contribution in [0.3, 0.4) is 0 Å². The van der Waals surface area contributed by atoms with Gasteiger partial charge in [0.15, 0.2) is 0 Å². The van der Waals surface area contributed by atoms with Crippen LogP contribution in [-0.4, -0.2) is 17.1 Å². The van der Waals surface area contributed by atoms with Crippen LogP contribution in [0.4, 0.5) is 11.5 Å². The van der Waals surface area contributed by atoms with E-state index >= 15 is 0 Å². The van der Waals surface area contributed by atoms with E-state index in [1.807, 2.05) is 26.0 Å². The van der Waals surface area contributed by atoms with Crippen LogP contribution < -0.4 is 15.8 Å². The number of pyridine rings is 1. The van der Waals surface area contributed by atoms with Gasteiger partial charge in [0.1, 0.15) is 5.82 Å². The Morgan fingerprint density at radius 2 is 1.95 bits per heavy atom. The van der Waals surface area contributed by atoms with Crippen molar-refractivity contribution in [3.63, 3.8) is 0 Å². The smallest absolute Gasteiger partial charge is 0.239 e. The number of ether oxygens (including phenoxy) is 1. The van der Waals surface area contributed by atoms with Crippen molar-refractivity contribution in [2.24, 2.45) is 5.92 Å². The molecule has 0 bridgehead atoms. The van der Waals surface area contributed by atoms with E-state index in [0.717, 1.165) is 11.7 Å². The first-order valence-electron chi connectivity index (χ1n) is 7.24. The van der Waals surface area contributed by atoms with Crippen LogP contribution in [0.25, 0.3) is 0 Å². The van der Waals surface area contributed by atoms with Gasteiger partial charge < -0.3 is 15.8 Å². The molecular weight excluding hydrogens is 238 g/mol. The van der Waals surface area contributed by atoms with Crippen LogP contribution in [0.5, 0.6) is 5.88 Å². The average Bonchev–Trinajstić information content (AvgIpc) is 2.36. The van der Waals surface area contributed by atoms with Gasteiger partial charge in [0.2, 0.25) is 5.88 Å². The molecule has 0 saturated heterocycles. The molecule has 0 unspecified atom stereocenters. The number of aromatic nitrogens is 1.